The van der Waals surface area contributed by atoms with Crippen molar-refractivity contribution in [3.8, 4) is 0 Å². The zero-order chi connectivity index (χ0) is 20.6. The van der Waals surface area contributed by atoms with Crippen LogP contribution in [0.5, 0.6) is 0 Å². The minimum absolute atomic E-state index is 0.117. The van der Waals surface area contributed by atoms with Crippen molar-refractivity contribution in [2.75, 3.05) is 50.0 Å². The number of morpholine rings is 1. The highest BCUT2D eigenvalue weighted by atomic mass is 16.6. The number of nitro benzene ring substituents is 1. The molecular weight excluding hydrogens is 374 g/mol. The molecule has 1 amide bonds. The molecular formula is C20H26N5O4+. The monoisotopic (exact) mass is 400 g/mol. The number of rotatable bonds is 8. The molecule has 2 aromatic rings. The van der Waals surface area contributed by atoms with Crippen molar-refractivity contribution in [3.63, 3.8) is 0 Å². The van der Waals surface area contributed by atoms with Gasteiger partial charge in [0.2, 0.25) is 0 Å². The number of nitrogens with zero attached hydrogens (tertiary/aromatic N) is 2. The maximum atomic E-state index is 12.4. The summed E-state index contributed by atoms with van der Waals surface area (Å²) in [5.41, 5.74) is 1.28. The standard InChI is InChI=1S/C20H25N5O4/c1-15-4-2-5-19(22-15)23-20(26)16-6-7-17(18(14-16)25(27)28)21-8-3-9-24-10-12-29-13-11-24/h2,4-7,14,21H,3,8-13H2,1H3,(H,22,23,26)/p+1. The molecule has 0 radical (unpaired) electrons. The van der Waals surface area contributed by atoms with E-state index in [4.69, 9.17) is 4.74 Å². The summed E-state index contributed by atoms with van der Waals surface area (Å²) in [7, 11) is 0. The fraction of sp³-hybridized carbons (Fsp3) is 0.400. The Hall–Kier alpha value is -3.04. The molecule has 3 N–H and O–H groups in total. The lowest BCUT2D eigenvalue weighted by Gasteiger charge is -2.23. The molecule has 0 aliphatic carbocycles. The van der Waals surface area contributed by atoms with Gasteiger partial charge in [-0.05, 0) is 31.2 Å². The summed E-state index contributed by atoms with van der Waals surface area (Å²) in [5, 5.41) is 17.3. The predicted molar refractivity (Wildman–Crippen MR) is 110 cm³/mol. The minimum Gasteiger partial charge on any atom is -0.379 e. The number of aryl methyl sites for hydroxylation is 1. The van der Waals surface area contributed by atoms with Crippen molar-refractivity contribution in [2.45, 2.75) is 13.3 Å². The number of amides is 1. The quantitative estimate of drug-likeness (QED) is 0.350. The van der Waals surface area contributed by atoms with Crippen LogP contribution in [0.4, 0.5) is 17.2 Å². The number of aromatic nitrogens is 1. The van der Waals surface area contributed by atoms with Crippen LogP contribution in [0.1, 0.15) is 22.5 Å². The first-order chi connectivity index (χ1) is 14.0. The number of hydrogen-bond acceptors (Lipinski definition) is 6. The van der Waals surface area contributed by atoms with Gasteiger partial charge in [0.15, 0.2) is 0 Å². The first kappa shape index (κ1) is 20.7. The Kier molecular flexibility index (Phi) is 7.09. The van der Waals surface area contributed by atoms with Gasteiger partial charge in [0.1, 0.15) is 24.6 Å². The molecule has 0 saturated carbocycles. The Morgan fingerprint density at radius 2 is 2.07 bits per heavy atom. The number of quaternary nitrogens is 1. The summed E-state index contributed by atoms with van der Waals surface area (Å²) in [6.45, 7) is 7.02. The molecule has 9 nitrogen and oxygen atoms in total. The molecule has 9 heteroatoms. The fourth-order valence-electron chi connectivity index (χ4n) is 3.25. The van der Waals surface area contributed by atoms with E-state index in [-0.39, 0.29) is 11.3 Å². The van der Waals surface area contributed by atoms with Crippen molar-refractivity contribution in [2.24, 2.45) is 0 Å². The summed E-state index contributed by atoms with van der Waals surface area (Å²) in [6, 6.07) is 9.73. The van der Waals surface area contributed by atoms with Gasteiger partial charge in [-0.25, -0.2) is 4.98 Å². The highest BCUT2D eigenvalue weighted by molar-refractivity contribution is 6.04. The van der Waals surface area contributed by atoms with Crippen LogP contribution in [-0.2, 0) is 4.74 Å². The second kappa shape index (κ2) is 9.94. The van der Waals surface area contributed by atoms with Crippen molar-refractivity contribution >= 4 is 23.1 Å². The highest BCUT2D eigenvalue weighted by Gasteiger charge is 2.18. The van der Waals surface area contributed by atoms with Gasteiger partial charge >= 0.3 is 0 Å². The second-order valence-corrected chi connectivity index (χ2v) is 7.00. The molecule has 2 heterocycles. The molecule has 1 fully saturated rings. The Balaban J connectivity index is 1.60. The lowest BCUT2D eigenvalue weighted by Crippen LogP contribution is -3.14. The molecule has 0 unspecified atom stereocenters. The molecule has 29 heavy (non-hydrogen) atoms. The smallest absolute Gasteiger partial charge is 0.293 e. The third-order valence-corrected chi connectivity index (χ3v) is 4.81. The molecule has 154 valence electrons. The molecule has 1 aliphatic rings. The normalized spacial score (nSPS) is 14.4. The van der Waals surface area contributed by atoms with Crippen molar-refractivity contribution in [3.05, 3.63) is 57.8 Å². The SMILES string of the molecule is Cc1cccc(NC(=O)c2ccc(NCCC[NH+]3CCOCC3)c([N+](=O)[O-])c2)n1. The third-order valence-electron chi connectivity index (χ3n) is 4.81. The van der Waals surface area contributed by atoms with E-state index in [0.717, 1.165) is 45.0 Å². The van der Waals surface area contributed by atoms with Crippen LogP contribution in [0, 0.1) is 17.0 Å². The molecule has 0 spiro atoms. The average molecular weight is 400 g/mol. The number of carbonyl (C=O) groups is 1. The van der Waals surface area contributed by atoms with E-state index in [1.165, 1.54) is 11.0 Å². The number of carbonyl (C=O) groups excluding carboxylic acids is 1. The number of anilines is 2. The van der Waals surface area contributed by atoms with E-state index < -0.39 is 10.8 Å². The maximum absolute atomic E-state index is 12.4. The summed E-state index contributed by atoms with van der Waals surface area (Å²) >= 11 is 0. The molecule has 0 bridgehead atoms. The van der Waals surface area contributed by atoms with Gasteiger partial charge in [-0.15, -0.1) is 0 Å². The minimum atomic E-state index is -0.475. The summed E-state index contributed by atoms with van der Waals surface area (Å²) in [5.74, 6) is -0.0286. The Morgan fingerprint density at radius 1 is 1.28 bits per heavy atom. The zero-order valence-corrected chi connectivity index (χ0v) is 16.4. The molecule has 1 aliphatic heterocycles. The van der Waals surface area contributed by atoms with Gasteiger partial charge in [-0.2, -0.15) is 0 Å². The largest absolute Gasteiger partial charge is 0.379 e. The zero-order valence-electron chi connectivity index (χ0n) is 16.4. The van der Waals surface area contributed by atoms with Gasteiger partial charge in [0.25, 0.3) is 11.6 Å². The maximum Gasteiger partial charge on any atom is 0.293 e. The van der Waals surface area contributed by atoms with E-state index in [9.17, 15) is 14.9 Å². The number of pyridine rings is 1. The van der Waals surface area contributed by atoms with Gasteiger partial charge in [0.05, 0.1) is 24.7 Å². The van der Waals surface area contributed by atoms with E-state index in [0.29, 0.717) is 18.1 Å². The number of nitrogens with one attached hydrogen (secondary N) is 3. The van der Waals surface area contributed by atoms with Crippen molar-refractivity contribution in [1.82, 2.24) is 4.98 Å². The average Bonchev–Trinajstić information content (AvgIpc) is 2.72. The Morgan fingerprint density at radius 3 is 2.79 bits per heavy atom. The Bertz CT molecular complexity index is 868. The third kappa shape index (κ3) is 5.97. The first-order valence-corrected chi connectivity index (χ1v) is 9.71. The fourth-order valence-corrected chi connectivity index (χ4v) is 3.25. The molecule has 3 rings (SSSR count). The Labute approximate surface area is 169 Å². The number of nitro groups is 1. The highest BCUT2D eigenvalue weighted by Crippen LogP contribution is 2.26. The van der Waals surface area contributed by atoms with Crippen LogP contribution in [0.15, 0.2) is 36.4 Å². The first-order valence-electron chi connectivity index (χ1n) is 9.71. The van der Waals surface area contributed by atoms with E-state index in [1.54, 1.807) is 24.3 Å². The van der Waals surface area contributed by atoms with Crippen LogP contribution in [0.3, 0.4) is 0 Å². The van der Waals surface area contributed by atoms with Gasteiger partial charge in [0, 0.05) is 30.3 Å². The van der Waals surface area contributed by atoms with Crippen LogP contribution in [-0.4, -0.2) is 55.2 Å². The van der Waals surface area contributed by atoms with E-state index in [1.807, 2.05) is 13.0 Å². The molecule has 1 aromatic heterocycles. The van der Waals surface area contributed by atoms with Gasteiger partial charge in [-0.3, -0.25) is 14.9 Å². The molecule has 1 aromatic carbocycles. The molecule has 1 saturated heterocycles. The second-order valence-electron chi connectivity index (χ2n) is 7.00. The van der Waals surface area contributed by atoms with Gasteiger partial charge < -0.3 is 20.3 Å². The van der Waals surface area contributed by atoms with Crippen molar-refractivity contribution < 1.29 is 19.4 Å². The van der Waals surface area contributed by atoms with Gasteiger partial charge in [-0.1, -0.05) is 6.07 Å². The number of ether oxygens (including phenoxy) is 1. The summed E-state index contributed by atoms with van der Waals surface area (Å²) in [4.78, 5) is 29.2. The summed E-state index contributed by atoms with van der Waals surface area (Å²) in [6.07, 6.45) is 0.897. The van der Waals surface area contributed by atoms with Crippen LogP contribution < -0.4 is 15.5 Å². The van der Waals surface area contributed by atoms with Crippen LogP contribution in [0.2, 0.25) is 0 Å². The number of benzene rings is 1. The summed E-state index contributed by atoms with van der Waals surface area (Å²) < 4.78 is 5.34. The molecule has 0 atom stereocenters. The van der Waals surface area contributed by atoms with Crippen molar-refractivity contribution in [1.29, 1.82) is 0 Å². The van der Waals surface area contributed by atoms with E-state index in [2.05, 4.69) is 15.6 Å². The van der Waals surface area contributed by atoms with E-state index >= 15 is 0 Å². The van der Waals surface area contributed by atoms with Crippen LogP contribution in [0.25, 0.3) is 0 Å². The lowest BCUT2D eigenvalue weighted by atomic mass is 10.1. The lowest BCUT2D eigenvalue weighted by molar-refractivity contribution is -0.908. The van der Waals surface area contributed by atoms with Crippen LogP contribution >= 0.6 is 0 Å². The topological polar surface area (TPSA) is 111 Å². The predicted octanol–water partition coefficient (Wildman–Crippen LogP) is 1.27. The number of hydrogen-bond donors (Lipinski definition) is 3.